The predicted octanol–water partition coefficient (Wildman–Crippen LogP) is 6.91. The number of para-hydroxylation sites is 1. The Hall–Kier alpha value is -4.97. The second kappa shape index (κ2) is 8.60. The van der Waals surface area contributed by atoms with Gasteiger partial charge in [-0.2, -0.15) is 5.10 Å². The summed E-state index contributed by atoms with van der Waals surface area (Å²) in [6.07, 6.45) is 5.59. The number of hydrogen-bond acceptors (Lipinski definition) is 6. The second-order valence-corrected chi connectivity index (χ2v) is 9.22. The van der Waals surface area contributed by atoms with Crippen LogP contribution in [0.25, 0.3) is 33.6 Å². The zero-order valence-electron chi connectivity index (χ0n) is 20.4. The van der Waals surface area contributed by atoms with Crippen LogP contribution in [0.5, 0.6) is 0 Å². The third kappa shape index (κ3) is 3.62. The van der Waals surface area contributed by atoms with E-state index in [-0.39, 0.29) is 0 Å². The van der Waals surface area contributed by atoms with E-state index in [9.17, 15) is 0 Å². The molecule has 0 saturated heterocycles. The molecular formula is C31H24N6. The summed E-state index contributed by atoms with van der Waals surface area (Å²) in [6, 6.07) is 33.9. The first-order chi connectivity index (χ1) is 18.3. The standard InChI is InChI=1S/C31H24N6/c1-35-21-36(20-34-35)23-14-15-25-26-11-7-17-33-31(26)27-10-2-3-13-29(27)37(30(25)19-23)24-9-6-8-22(18-24)28-12-4-5-16-32-28/h2-20H,21H2,1H3. The van der Waals surface area contributed by atoms with E-state index in [1.165, 1.54) is 0 Å². The summed E-state index contributed by atoms with van der Waals surface area (Å²) in [6.45, 7) is 0.711. The normalized spacial score (nSPS) is 13.7. The third-order valence-corrected chi connectivity index (χ3v) is 6.86. The SMILES string of the molecule is CN1CN(c2ccc3c(c2)N(c2cccc(-c4ccccn4)c2)c2ccccc2-c2ncccc2-3)C=N1. The summed E-state index contributed by atoms with van der Waals surface area (Å²) < 4.78 is 0. The molecule has 7 rings (SSSR count). The smallest absolute Gasteiger partial charge is 0.117 e. The zero-order valence-corrected chi connectivity index (χ0v) is 20.4. The van der Waals surface area contributed by atoms with Crippen molar-refractivity contribution in [3.8, 4) is 33.6 Å². The highest BCUT2D eigenvalue weighted by Crippen LogP contribution is 2.51. The van der Waals surface area contributed by atoms with Crippen molar-refractivity contribution in [2.45, 2.75) is 0 Å². The quantitative estimate of drug-likeness (QED) is 0.275. The minimum atomic E-state index is 0.711. The van der Waals surface area contributed by atoms with Gasteiger partial charge in [0.05, 0.1) is 22.8 Å². The first-order valence-electron chi connectivity index (χ1n) is 12.3. The molecule has 0 atom stereocenters. The molecule has 6 nitrogen and oxygen atoms in total. The third-order valence-electron chi connectivity index (χ3n) is 6.86. The fourth-order valence-corrected chi connectivity index (χ4v) is 5.16. The molecule has 0 unspecified atom stereocenters. The average molecular weight is 481 g/mol. The Morgan fingerprint density at radius 1 is 0.649 bits per heavy atom. The number of rotatable bonds is 3. The maximum Gasteiger partial charge on any atom is 0.117 e. The van der Waals surface area contributed by atoms with Gasteiger partial charge in [-0.3, -0.25) is 15.0 Å². The van der Waals surface area contributed by atoms with E-state index >= 15 is 0 Å². The van der Waals surface area contributed by atoms with Crippen molar-refractivity contribution in [2.24, 2.45) is 5.10 Å². The first kappa shape index (κ1) is 21.3. The molecule has 5 aromatic rings. The van der Waals surface area contributed by atoms with Crippen molar-refractivity contribution in [1.29, 1.82) is 0 Å². The van der Waals surface area contributed by atoms with Crippen LogP contribution >= 0.6 is 0 Å². The Labute approximate surface area is 215 Å². The molecule has 178 valence electrons. The summed E-state index contributed by atoms with van der Waals surface area (Å²) in [5.74, 6) is 0. The van der Waals surface area contributed by atoms with Gasteiger partial charge in [0.25, 0.3) is 0 Å². The molecule has 4 heterocycles. The van der Waals surface area contributed by atoms with Crippen molar-refractivity contribution in [3.05, 3.63) is 109 Å². The van der Waals surface area contributed by atoms with Crippen molar-refractivity contribution in [3.63, 3.8) is 0 Å². The predicted molar refractivity (Wildman–Crippen MR) is 150 cm³/mol. The average Bonchev–Trinajstić information content (AvgIpc) is 3.35. The van der Waals surface area contributed by atoms with Crippen LogP contribution < -0.4 is 9.80 Å². The molecule has 0 radical (unpaired) electrons. The van der Waals surface area contributed by atoms with Crippen LogP contribution in [0.3, 0.4) is 0 Å². The Morgan fingerprint density at radius 2 is 1.51 bits per heavy atom. The summed E-state index contributed by atoms with van der Waals surface area (Å²) >= 11 is 0. The van der Waals surface area contributed by atoms with Gasteiger partial charge in [-0.15, -0.1) is 0 Å². The number of benzene rings is 3. The van der Waals surface area contributed by atoms with Gasteiger partial charge in [-0.25, -0.2) is 0 Å². The van der Waals surface area contributed by atoms with E-state index in [2.05, 4.69) is 92.7 Å². The topological polar surface area (TPSA) is 47.9 Å². The van der Waals surface area contributed by atoms with Crippen LogP contribution in [0.1, 0.15) is 0 Å². The van der Waals surface area contributed by atoms with Gasteiger partial charge in [0.15, 0.2) is 0 Å². The Morgan fingerprint density at radius 3 is 2.38 bits per heavy atom. The number of pyridine rings is 2. The molecule has 2 aliphatic heterocycles. The fraction of sp³-hybridized carbons (Fsp3) is 0.0645. The maximum absolute atomic E-state index is 4.85. The number of aromatic nitrogens is 2. The van der Waals surface area contributed by atoms with Gasteiger partial charge < -0.3 is 9.80 Å². The number of anilines is 4. The highest BCUT2D eigenvalue weighted by molar-refractivity contribution is 6.02. The lowest BCUT2D eigenvalue weighted by Gasteiger charge is -2.29. The lowest BCUT2D eigenvalue weighted by molar-refractivity contribution is 0.393. The summed E-state index contributed by atoms with van der Waals surface area (Å²) in [5, 5.41) is 6.35. The lowest BCUT2D eigenvalue weighted by Crippen LogP contribution is -2.24. The molecule has 37 heavy (non-hydrogen) atoms. The molecule has 3 aromatic carbocycles. The van der Waals surface area contributed by atoms with Crippen LogP contribution in [0.15, 0.2) is 115 Å². The van der Waals surface area contributed by atoms with Crippen LogP contribution in [-0.4, -0.2) is 35.0 Å². The van der Waals surface area contributed by atoms with E-state index in [0.717, 1.165) is 56.4 Å². The second-order valence-electron chi connectivity index (χ2n) is 9.22. The fourth-order valence-electron chi connectivity index (χ4n) is 5.16. The van der Waals surface area contributed by atoms with Crippen molar-refractivity contribution in [2.75, 3.05) is 23.5 Å². The molecule has 0 bridgehead atoms. The Kier molecular flexibility index (Phi) is 4.96. The number of hydrazone groups is 1. The van der Waals surface area contributed by atoms with E-state index in [4.69, 9.17) is 4.98 Å². The first-order valence-corrected chi connectivity index (χ1v) is 12.3. The summed E-state index contributed by atoms with van der Waals surface area (Å²) in [5.41, 5.74) is 10.7. The highest BCUT2D eigenvalue weighted by Gasteiger charge is 2.28. The Balaban J connectivity index is 1.49. The van der Waals surface area contributed by atoms with Gasteiger partial charge in [-0.05, 0) is 48.5 Å². The van der Waals surface area contributed by atoms with Crippen molar-refractivity contribution >= 4 is 29.1 Å². The number of hydrogen-bond donors (Lipinski definition) is 0. The molecule has 2 aliphatic rings. The molecule has 2 aromatic heterocycles. The Bertz CT molecular complexity index is 1650. The number of nitrogens with zero attached hydrogens (tertiary/aromatic N) is 6. The lowest BCUT2D eigenvalue weighted by atomic mass is 9.99. The van der Waals surface area contributed by atoms with E-state index in [0.29, 0.717) is 6.67 Å². The van der Waals surface area contributed by atoms with Crippen molar-refractivity contribution in [1.82, 2.24) is 15.0 Å². The molecule has 0 N–H and O–H groups in total. The molecule has 0 saturated carbocycles. The van der Waals surface area contributed by atoms with Gasteiger partial charge in [0.2, 0.25) is 0 Å². The van der Waals surface area contributed by atoms with Crippen LogP contribution in [0.4, 0.5) is 22.7 Å². The number of fused-ring (bicyclic) bond motifs is 5. The van der Waals surface area contributed by atoms with Crippen LogP contribution in [0.2, 0.25) is 0 Å². The van der Waals surface area contributed by atoms with Crippen LogP contribution in [-0.2, 0) is 0 Å². The van der Waals surface area contributed by atoms with E-state index in [1.807, 2.05) is 55.1 Å². The molecule has 0 spiro atoms. The van der Waals surface area contributed by atoms with Gasteiger partial charge >= 0.3 is 0 Å². The van der Waals surface area contributed by atoms with Crippen LogP contribution in [0, 0.1) is 0 Å². The van der Waals surface area contributed by atoms with Gasteiger partial charge in [-0.1, -0.05) is 48.5 Å². The minimum Gasteiger partial charge on any atom is -0.311 e. The monoisotopic (exact) mass is 480 g/mol. The molecule has 0 aliphatic carbocycles. The zero-order chi connectivity index (χ0) is 24.8. The van der Waals surface area contributed by atoms with E-state index in [1.54, 1.807) is 0 Å². The molecule has 0 amide bonds. The van der Waals surface area contributed by atoms with Gasteiger partial charge in [0, 0.05) is 53.1 Å². The highest BCUT2D eigenvalue weighted by atomic mass is 15.6. The summed E-state index contributed by atoms with van der Waals surface area (Å²) in [7, 11) is 1.98. The molecular weight excluding hydrogens is 456 g/mol. The van der Waals surface area contributed by atoms with Crippen molar-refractivity contribution < 1.29 is 0 Å². The molecule has 6 heteroatoms. The van der Waals surface area contributed by atoms with E-state index < -0.39 is 0 Å². The minimum absolute atomic E-state index is 0.711. The van der Waals surface area contributed by atoms with Gasteiger partial charge in [0.1, 0.15) is 13.0 Å². The largest absolute Gasteiger partial charge is 0.311 e. The maximum atomic E-state index is 4.85. The molecule has 0 fully saturated rings. The summed E-state index contributed by atoms with van der Waals surface area (Å²) in [4.78, 5) is 13.9.